The van der Waals surface area contributed by atoms with Crippen LogP contribution in [0.1, 0.15) is 84.0 Å². The van der Waals surface area contributed by atoms with Gasteiger partial charge in [-0.15, -0.1) is 0 Å². The first-order valence-corrected chi connectivity index (χ1v) is 12.5. The Kier molecular flexibility index (Phi) is 21.1. The summed E-state index contributed by atoms with van der Waals surface area (Å²) in [6, 6.07) is 0. The third kappa shape index (κ3) is 21.4. The molecule has 0 aromatic rings. The summed E-state index contributed by atoms with van der Waals surface area (Å²) in [7, 11) is 5.52. The number of esters is 1. The summed E-state index contributed by atoms with van der Waals surface area (Å²) in [6.07, 6.45) is 22.8. The van der Waals surface area contributed by atoms with Gasteiger partial charge in [0, 0.05) is 20.1 Å². The van der Waals surface area contributed by atoms with Crippen LogP contribution in [-0.4, -0.2) is 69.3 Å². The van der Waals surface area contributed by atoms with E-state index in [1.807, 2.05) is 19.0 Å². The van der Waals surface area contributed by atoms with Gasteiger partial charge in [0.25, 0.3) is 0 Å². The largest absolute Gasteiger partial charge is 0.463 e. The van der Waals surface area contributed by atoms with Crippen LogP contribution in [0.2, 0.25) is 0 Å². The fraction of sp³-hybridized carbons (Fsp3) is 0.769. The minimum Gasteiger partial charge on any atom is -0.463 e. The van der Waals surface area contributed by atoms with Crippen LogP contribution in [-0.2, 0) is 14.3 Å². The molecule has 0 heterocycles. The number of unbranched alkanes of at least 4 members (excludes halogenated alkanes) is 9. The number of carbonyl (C=O) groups is 2. The normalized spacial score (nSPS) is 11.5. The number of rotatable bonds is 20. The standard InChI is InChI=1S/C26H48N2O4/c1-5-6-7-8-9-10-11-12-13-14-15-16-17-18-19-20-23-31-25(29)24-32-26(30)28(4)22-21-27(2)3/h9-10,12-13H,5-8,11,14-24H2,1-4H3/b10-9-,13-12-. The number of likely N-dealkylation sites (N-methyl/N-ethyl adjacent to an activating group) is 2. The maximum atomic E-state index is 11.8. The second-order valence-corrected chi connectivity index (χ2v) is 8.58. The van der Waals surface area contributed by atoms with Gasteiger partial charge < -0.3 is 19.3 Å². The fourth-order valence-electron chi connectivity index (χ4n) is 2.99. The number of hydrogen-bond donors (Lipinski definition) is 0. The molecule has 186 valence electrons. The van der Waals surface area contributed by atoms with E-state index in [0.29, 0.717) is 13.2 Å². The molecule has 0 saturated heterocycles. The Hall–Kier alpha value is -1.82. The highest BCUT2D eigenvalue weighted by atomic mass is 16.6. The zero-order chi connectivity index (χ0) is 23.9. The molecule has 0 bridgehead atoms. The van der Waals surface area contributed by atoms with E-state index in [4.69, 9.17) is 9.47 Å². The Labute approximate surface area is 197 Å². The zero-order valence-electron chi connectivity index (χ0n) is 21.2. The summed E-state index contributed by atoms with van der Waals surface area (Å²) in [4.78, 5) is 26.9. The van der Waals surface area contributed by atoms with Gasteiger partial charge in [0.05, 0.1) is 6.61 Å². The number of ether oxygens (including phenoxy) is 2. The topological polar surface area (TPSA) is 59.1 Å². The molecule has 0 fully saturated rings. The number of allylic oxidation sites excluding steroid dienone is 4. The van der Waals surface area contributed by atoms with Gasteiger partial charge in [-0.1, -0.05) is 69.8 Å². The highest BCUT2D eigenvalue weighted by molar-refractivity contribution is 5.75. The van der Waals surface area contributed by atoms with Crippen molar-refractivity contribution >= 4 is 12.1 Å². The fourth-order valence-corrected chi connectivity index (χ4v) is 2.99. The van der Waals surface area contributed by atoms with Crippen molar-refractivity contribution in [2.75, 3.05) is 47.4 Å². The molecule has 0 saturated carbocycles. The Morgan fingerprint density at radius 1 is 0.719 bits per heavy atom. The molecule has 0 aromatic heterocycles. The summed E-state index contributed by atoms with van der Waals surface area (Å²) in [5.41, 5.74) is 0. The average molecular weight is 453 g/mol. The summed E-state index contributed by atoms with van der Waals surface area (Å²) >= 11 is 0. The second-order valence-electron chi connectivity index (χ2n) is 8.58. The van der Waals surface area contributed by atoms with Gasteiger partial charge in [-0.25, -0.2) is 9.59 Å². The molecule has 0 atom stereocenters. The van der Waals surface area contributed by atoms with Gasteiger partial charge in [-0.05, 0) is 52.6 Å². The van der Waals surface area contributed by atoms with E-state index < -0.39 is 12.1 Å². The predicted octanol–water partition coefficient (Wildman–Crippen LogP) is 5.97. The number of amides is 1. The maximum absolute atomic E-state index is 11.8. The minimum atomic E-state index is -0.502. The van der Waals surface area contributed by atoms with E-state index in [1.54, 1.807) is 7.05 Å². The van der Waals surface area contributed by atoms with Crippen molar-refractivity contribution in [3.8, 4) is 0 Å². The third-order valence-corrected chi connectivity index (χ3v) is 5.12. The van der Waals surface area contributed by atoms with Gasteiger partial charge in [-0.3, -0.25) is 0 Å². The van der Waals surface area contributed by atoms with Gasteiger partial charge >= 0.3 is 12.1 Å². The van der Waals surface area contributed by atoms with Crippen LogP contribution < -0.4 is 0 Å². The Morgan fingerprint density at radius 3 is 1.94 bits per heavy atom. The quantitative estimate of drug-likeness (QED) is 0.129. The number of carbonyl (C=O) groups excluding carboxylic acids is 2. The highest BCUT2D eigenvalue weighted by Gasteiger charge is 2.13. The van der Waals surface area contributed by atoms with Crippen molar-refractivity contribution in [2.24, 2.45) is 0 Å². The lowest BCUT2D eigenvalue weighted by Gasteiger charge is -2.18. The second kappa shape index (κ2) is 22.4. The van der Waals surface area contributed by atoms with Crippen LogP contribution in [0.3, 0.4) is 0 Å². The molecule has 0 aliphatic heterocycles. The molecule has 0 rings (SSSR count). The van der Waals surface area contributed by atoms with Crippen molar-refractivity contribution < 1.29 is 19.1 Å². The first kappa shape index (κ1) is 30.2. The van der Waals surface area contributed by atoms with E-state index in [2.05, 4.69) is 31.2 Å². The average Bonchev–Trinajstić information content (AvgIpc) is 2.77. The van der Waals surface area contributed by atoms with Crippen LogP contribution in [0.5, 0.6) is 0 Å². The van der Waals surface area contributed by atoms with Crippen LogP contribution in [0.25, 0.3) is 0 Å². The van der Waals surface area contributed by atoms with Crippen molar-refractivity contribution in [3.05, 3.63) is 24.3 Å². The van der Waals surface area contributed by atoms with Gasteiger partial charge in [0.2, 0.25) is 0 Å². The Bertz CT molecular complexity index is 518. The molecule has 0 radical (unpaired) electrons. The number of hydrogen-bond acceptors (Lipinski definition) is 5. The third-order valence-electron chi connectivity index (χ3n) is 5.12. The zero-order valence-corrected chi connectivity index (χ0v) is 21.2. The van der Waals surface area contributed by atoms with Crippen LogP contribution in [0.4, 0.5) is 4.79 Å². The summed E-state index contributed by atoms with van der Waals surface area (Å²) < 4.78 is 10.1. The first-order chi connectivity index (χ1) is 15.5. The monoisotopic (exact) mass is 452 g/mol. The Balaban J connectivity index is 3.45. The molecular weight excluding hydrogens is 404 g/mol. The molecule has 0 aromatic carbocycles. The summed E-state index contributed by atoms with van der Waals surface area (Å²) in [5, 5.41) is 0. The van der Waals surface area contributed by atoms with Crippen LogP contribution >= 0.6 is 0 Å². The molecule has 32 heavy (non-hydrogen) atoms. The molecule has 1 amide bonds. The van der Waals surface area contributed by atoms with E-state index >= 15 is 0 Å². The predicted molar refractivity (Wildman–Crippen MR) is 133 cm³/mol. The number of nitrogens with zero attached hydrogens (tertiary/aromatic N) is 2. The van der Waals surface area contributed by atoms with Crippen molar-refractivity contribution in [3.63, 3.8) is 0 Å². The molecule has 0 aliphatic rings. The van der Waals surface area contributed by atoms with E-state index in [0.717, 1.165) is 38.6 Å². The maximum Gasteiger partial charge on any atom is 0.410 e. The van der Waals surface area contributed by atoms with Crippen LogP contribution in [0, 0.1) is 0 Å². The van der Waals surface area contributed by atoms with E-state index in [9.17, 15) is 9.59 Å². The van der Waals surface area contributed by atoms with Gasteiger partial charge in [0.1, 0.15) is 0 Å². The Morgan fingerprint density at radius 2 is 1.31 bits per heavy atom. The van der Waals surface area contributed by atoms with E-state index in [1.165, 1.54) is 49.8 Å². The summed E-state index contributed by atoms with van der Waals surface area (Å²) in [6.45, 7) is 3.59. The highest BCUT2D eigenvalue weighted by Crippen LogP contribution is 2.08. The van der Waals surface area contributed by atoms with Crippen molar-refractivity contribution in [1.29, 1.82) is 0 Å². The SMILES string of the molecule is CCCCC/C=C\C/C=C\CCCCCCCCOC(=O)COC(=O)N(C)CCN(C)C. The molecule has 6 nitrogen and oxygen atoms in total. The first-order valence-electron chi connectivity index (χ1n) is 12.5. The molecule has 0 N–H and O–H groups in total. The molecule has 6 heteroatoms. The van der Waals surface area contributed by atoms with Crippen LogP contribution in [0.15, 0.2) is 24.3 Å². The molecule has 0 unspecified atom stereocenters. The minimum absolute atomic E-state index is 0.326. The molecule has 0 spiro atoms. The molecular formula is C26H48N2O4. The van der Waals surface area contributed by atoms with Crippen molar-refractivity contribution in [1.82, 2.24) is 9.80 Å². The van der Waals surface area contributed by atoms with Gasteiger partial charge in [0.15, 0.2) is 6.61 Å². The summed E-state index contributed by atoms with van der Waals surface area (Å²) in [5.74, 6) is -0.484. The van der Waals surface area contributed by atoms with Crippen molar-refractivity contribution in [2.45, 2.75) is 84.0 Å². The molecule has 0 aliphatic carbocycles. The van der Waals surface area contributed by atoms with Gasteiger partial charge in [-0.2, -0.15) is 0 Å². The smallest absolute Gasteiger partial charge is 0.410 e. The lowest BCUT2D eigenvalue weighted by molar-refractivity contribution is -0.147. The van der Waals surface area contributed by atoms with E-state index in [-0.39, 0.29) is 6.61 Å². The lowest BCUT2D eigenvalue weighted by atomic mass is 10.1. The lowest BCUT2D eigenvalue weighted by Crippen LogP contribution is -2.35.